The molecule has 2 aromatic rings. The lowest BCUT2D eigenvalue weighted by molar-refractivity contribution is 0.396. The van der Waals surface area contributed by atoms with Gasteiger partial charge in [0.2, 0.25) is 5.88 Å². The average Bonchev–Trinajstić information content (AvgIpc) is 2.59. The molecular weight excluding hydrogens is 441 g/mol. The third kappa shape index (κ3) is 6.88. The van der Waals surface area contributed by atoms with E-state index in [-0.39, 0.29) is 24.0 Å². The summed E-state index contributed by atoms with van der Waals surface area (Å²) in [7, 11) is 3.34. The summed E-state index contributed by atoms with van der Waals surface area (Å²) >= 11 is 5.77. The highest BCUT2D eigenvalue weighted by atomic mass is 127. The molecule has 8 heteroatoms. The summed E-state index contributed by atoms with van der Waals surface area (Å²) < 4.78 is 5.11. The maximum absolute atomic E-state index is 5.77. The Kier molecular flexibility index (Phi) is 9.39. The number of hydrogen-bond donors (Lipinski definition) is 2. The molecule has 6 nitrogen and oxygen atoms in total. The van der Waals surface area contributed by atoms with Crippen LogP contribution in [0.1, 0.15) is 11.3 Å². The minimum absolute atomic E-state index is 0. The van der Waals surface area contributed by atoms with Crippen molar-refractivity contribution in [2.75, 3.05) is 20.7 Å². The first-order chi connectivity index (χ1) is 11.2. The number of aliphatic imine (C=N–C) groups is 1. The van der Waals surface area contributed by atoms with E-state index in [1.165, 1.54) is 0 Å². The van der Waals surface area contributed by atoms with Crippen LogP contribution in [-0.2, 0) is 13.0 Å². The highest BCUT2D eigenvalue weighted by Crippen LogP contribution is 2.06. The lowest BCUT2D eigenvalue weighted by Crippen LogP contribution is -2.38. The number of ether oxygens (including phenoxy) is 1. The second-order valence-corrected chi connectivity index (χ2v) is 5.15. The molecule has 0 atom stereocenters. The third-order valence-corrected chi connectivity index (χ3v) is 3.37. The minimum atomic E-state index is 0. The van der Waals surface area contributed by atoms with E-state index in [2.05, 4.69) is 25.6 Å². The standard InChI is InChI=1S/C16H20ClN5O.HI/c1-18-16(19-9-8-12-6-7-14(17)20-10-12)21-11-13-4-3-5-15(22-13)23-2;/h3-7,10H,8-9,11H2,1-2H3,(H2,18,19,21);1H. The number of nitrogens with one attached hydrogen (secondary N) is 2. The highest BCUT2D eigenvalue weighted by molar-refractivity contribution is 14.0. The Balaban J connectivity index is 0.00000288. The van der Waals surface area contributed by atoms with Gasteiger partial charge in [-0.15, -0.1) is 24.0 Å². The number of aromatic nitrogens is 2. The summed E-state index contributed by atoms with van der Waals surface area (Å²) in [5.41, 5.74) is 2.00. The van der Waals surface area contributed by atoms with Crippen molar-refractivity contribution in [3.63, 3.8) is 0 Å². The van der Waals surface area contributed by atoms with Gasteiger partial charge in [0.25, 0.3) is 0 Å². The zero-order chi connectivity index (χ0) is 16.5. The van der Waals surface area contributed by atoms with Crippen LogP contribution in [0.15, 0.2) is 41.5 Å². The van der Waals surface area contributed by atoms with Crippen LogP contribution in [0.5, 0.6) is 5.88 Å². The van der Waals surface area contributed by atoms with Crippen molar-refractivity contribution in [3.8, 4) is 5.88 Å². The zero-order valence-corrected chi connectivity index (χ0v) is 16.7. The van der Waals surface area contributed by atoms with Crippen LogP contribution < -0.4 is 15.4 Å². The molecule has 0 saturated heterocycles. The highest BCUT2D eigenvalue weighted by Gasteiger charge is 2.01. The fourth-order valence-corrected chi connectivity index (χ4v) is 2.06. The van der Waals surface area contributed by atoms with Crippen molar-refractivity contribution in [1.82, 2.24) is 20.6 Å². The van der Waals surface area contributed by atoms with E-state index in [1.807, 2.05) is 24.3 Å². The van der Waals surface area contributed by atoms with Gasteiger partial charge in [-0.1, -0.05) is 23.7 Å². The molecule has 0 radical (unpaired) electrons. The Labute approximate surface area is 164 Å². The van der Waals surface area contributed by atoms with Crippen LogP contribution in [0.4, 0.5) is 0 Å². The number of halogens is 2. The first-order valence-corrected chi connectivity index (χ1v) is 7.64. The third-order valence-electron chi connectivity index (χ3n) is 3.15. The molecule has 130 valence electrons. The second kappa shape index (κ2) is 11.0. The molecule has 0 bridgehead atoms. The maximum atomic E-state index is 5.77. The van der Waals surface area contributed by atoms with E-state index in [1.54, 1.807) is 26.4 Å². The van der Waals surface area contributed by atoms with E-state index >= 15 is 0 Å². The predicted molar refractivity (Wildman–Crippen MR) is 107 cm³/mol. The van der Waals surface area contributed by atoms with Gasteiger partial charge in [-0.25, -0.2) is 9.97 Å². The molecule has 0 amide bonds. The number of nitrogens with zero attached hydrogens (tertiary/aromatic N) is 3. The molecule has 0 aromatic carbocycles. The topological polar surface area (TPSA) is 71.4 Å². The van der Waals surface area contributed by atoms with Crippen molar-refractivity contribution in [2.45, 2.75) is 13.0 Å². The molecule has 0 unspecified atom stereocenters. The Hall–Kier alpha value is -1.61. The van der Waals surface area contributed by atoms with Crippen LogP contribution in [0.25, 0.3) is 0 Å². The summed E-state index contributed by atoms with van der Waals surface area (Å²) in [6.07, 6.45) is 2.61. The first-order valence-electron chi connectivity index (χ1n) is 7.26. The summed E-state index contributed by atoms with van der Waals surface area (Å²) in [6, 6.07) is 9.41. The molecule has 2 rings (SSSR count). The summed E-state index contributed by atoms with van der Waals surface area (Å²) in [5.74, 6) is 1.32. The van der Waals surface area contributed by atoms with Crippen molar-refractivity contribution in [3.05, 3.63) is 52.9 Å². The van der Waals surface area contributed by atoms with E-state index < -0.39 is 0 Å². The number of guanidine groups is 1. The van der Waals surface area contributed by atoms with Gasteiger partial charge in [-0.3, -0.25) is 4.99 Å². The molecule has 2 heterocycles. The maximum Gasteiger partial charge on any atom is 0.213 e. The molecule has 0 aliphatic rings. The summed E-state index contributed by atoms with van der Waals surface area (Å²) in [5, 5.41) is 6.97. The summed E-state index contributed by atoms with van der Waals surface area (Å²) in [4.78, 5) is 12.6. The van der Waals surface area contributed by atoms with Crippen LogP contribution in [0.3, 0.4) is 0 Å². The number of hydrogen-bond acceptors (Lipinski definition) is 4. The SMILES string of the molecule is CN=C(NCCc1ccc(Cl)nc1)NCc1cccc(OC)n1.I. The van der Waals surface area contributed by atoms with E-state index in [4.69, 9.17) is 16.3 Å². The van der Waals surface area contributed by atoms with E-state index in [0.717, 1.165) is 30.2 Å². The molecule has 0 saturated carbocycles. The van der Waals surface area contributed by atoms with Gasteiger partial charge in [0.1, 0.15) is 5.15 Å². The van der Waals surface area contributed by atoms with Crippen molar-refractivity contribution >= 4 is 41.5 Å². The second-order valence-electron chi connectivity index (χ2n) is 4.76. The minimum Gasteiger partial charge on any atom is -0.481 e. The van der Waals surface area contributed by atoms with Crippen molar-refractivity contribution in [1.29, 1.82) is 0 Å². The van der Waals surface area contributed by atoms with Crippen LogP contribution >= 0.6 is 35.6 Å². The van der Waals surface area contributed by atoms with Crippen LogP contribution in [0.2, 0.25) is 5.15 Å². The summed E-state index contributed by atoms with van der Waals surface area (Å²) in [6.45, 7) is 1.31. The normalized spacial score (nSPS) is 10.7. The molecule has 2 aromatic heterocycles. The van der Waals surface area contributed by atoms with E-state index in [9.17, 15) is 0 Å². The lowest BCUT2D eigenvalue weighted by atomic mass is 10.2. The molecular formula is C16H21ClIN5O. The fraction of sp³-hybridized carbons (Fsp3) is 0.312. The molecule has 0 aliphatic heterocycles. The molecule has 0 fully saturated rings. The van der Waals surface area contributed by atoms with Gasteiger partial charge in [-0.05, 0) is 24.1 Å². The van der Waals surface area contributed by atoms with E-state index in [0.29, 0.717) is 17.6 Å². The van der Waals surface area contributed by atoms with Gasteiger partial charge in [0.15, 0.2) is 5.96 Å². The monoisotopic (exact) mass is 461 g/mol. The van der Waals surface area contributed by atoms with Gasteiger partial charge in [-0.2, -0.15) is 0 Å². The molecule has 24 heavy (non-hydrogen) atoms. The molecule has 0 spiro atoms. The zero-order valence-electron chi connectivity index (χ0n) is 13.6. The predicted octanol–water partition coefficient (Wildman–Crippen LogP) is 2.66. The van der Waals surface area contributed by atoms with Gasteiger partial charge in [0, 0.05) is 25.9 Å². The van der Waals surface area contributed by atoms with Crippen LogP contribution in [-0.4, -0.2) is 36.6 Å². The number of pyridine rings is 2. The Bertz CT molecular complexity index is 651. The van der Waals surface area contributed by atoms with Crippen molar-refractivity contribution < 1.29 is 4.74 Å². The Morgan fingerprint density at radius 1 is 1.25 bits per heavy atom. The first kappa shape index (κ1) is 20.4. The van der Waals surface area contributed by atoms with Crippen molar-refractivity contribution in [2.24, 2.45) is 4.99 Å². The van der Waals surface area contributed by atoms with Gasteiger partial charge >= 0.3 is 0 Å². The molecule has 2 N–H and O–H groups in total. The average molecular weight is 462 g/mol. The lowest BCUT2D eigenvalue weighted by Gasteiger charge is -2.12. The fourth-order valence-electron chi connectivity index (χ4n) is 1.94. The number of rotatable bonds is 6. The molecule has 0 aliphatic carbocycles. The van der Waals surface area contributed by atoms with Gasteiger partial charge in [0.05, 0.1) is 19.3 Å². The Morgan fingerprint density at radius 2 is 2.08 bits per heavy atom. The van der Waals surface area contributed by atoms with Gasteiger partial charge < -0.3 is 15.4 Å². The smallest absolute Gasteiger partial charge is 0.213 e. The quantitative estimate of drug-likeness (QED) is 0.300. The van der Waals surface area contributed by atoms with Crippen LogP contribution in [0, 0.1) is 0 Å². The Morgan fingerprint density at radius 3 is 2.75 bits per heavy atom. The largest absolute Gasteiger partial charge is 0.481 e. The number of methoxy groups -OCH3 is 1.